The van der Waals surface area contributed by atoms with Gasteiger partial charge in [0.05, 0.1) is 6.61 Å². The van der Waals surface area contributed by atoms with Crippen LogP contribution in [0.25, 0.3) is 0 Å². The molecule has 0 aliphatic carbocycles. The van der Waals surface area contributed by atoms with E-state index in [9.17, 15) is 4.79 Å². The number of ether oxygens (including phenoxy) is 1. The lowest BCUT2D eigenvalue weighted by Crippen LogP contribution is -2.07. The lowest BCUT2D eigenvalue weighted by atomic mass is 10.1. The van der Waals surface area contributed by atoms with Crippen molar-refractivity contribution >= 4 is 5.97 Å². The van der Waals surface area contributed by atoms with Gasteiger partial charge in [-0.25, -0.2) is 0 Å². The monoisotopic (exact) mass is 298 g/mol. The van der Waals surface area contributed by atoms with Crippen LogP contribution >= 0.6 is 0 Å². The molecule has 0 aromatic carbocycles. The average Bonchev–Trinajstić information content (AvgIpc) is 2.49. The highest BCUT2D eigenvalue weighted by molar-refractivity contribution is 5.69. The van der Waals surface area contributed by atoms with Crippen molar-refractivity contribution in [1.82, 2.24) is 0 Å². The van der Waals surface area contributed by atoms with Gasteiger partial charge in [-0.3, -0.25) is 4.79 Å². The minimum absolute atomic E-state index is 0.0631. The van der Waals surface area contributed by atoms with Crippen molar-refractivity contribution in [2.24, 2.45) is 11.5 Å². The first-order valence-corrected chi connectivity index (χ1v) is 8.52. The van der Waals surface area contributed by atoms with Crippen LogP contribution in [0, 0.1) is 0 Å². The van der Waals surface area contributed by atoms with E-state index in [1.54, 1.807) is 0 Å². The molecule has 0 unspecified atom stereocenters. The Kier molecular flexibility index (Phi) is 16.5. The van der Waals surface area contributed by atoms with Gasteiger partial charge in [0.1, 0.15) is 0 Å². The molecule has 0 spiro atoms. The van der Waals surface area contributed by atoms with Crippen molar-refractivity contribution in [3.8, 4) is 0 Å². The summed E-state index contributed by atoms with van der Waals surface area (Å²) in [4.78, 5) is 11.4. The van der Waals surface area contributed by atoms with Crippen molar-refractivity contribution in [3.63, 3.8) is 0 Å². The molecule has 0 aromatic rings. The number of carbonyl (C=O) groups excluding carboxylic acids is 1. The molecule has 4 N–H and O–H groups in total. The molecule has 0 radical (unpaired) electrons. The highest BCUT2D eigenvalue weighted by Crippen LogP contribution is 2.07. The van der Waals surface area contributed by atoms with Crippen LogP contribution in [0.1, 0.15) is 70.6 Å². The first-order valence-electron chi connectivity index (χ1n) is 8.52. The second-order valence-corrected chi connectivity index (χ2v) is 5.43. The number of hydrogen-bond acceptors (Lipinski definition) is 4. The van der Waals surface area contributed by atoms with Crippen LogP contribution in [0.3, 0.4) is 0 Å². The molecule has 0 heterocycles. The van der Waals surface area contributed by atoms with Gasteiger partial charge in [-0.15, -0.1) is 0 Å². The molecule has 0 saturated heterocycles. The number of allylic oxidation sites excluding steroid dienone is 2. The lowest BCUT2D eigenvalue weighted by molar-refractivity contribution is -0.143. The van der Waals surface area contributed by atoms with Crippen LogP contribution in [0.4, 0.5) is 0 Å². The summed E-state index contributed by atoms with van der Waals surface area (Å²) in [6.45, 7) is 1.98. The van der Waals surface area contributed by atoms with Gasteiger partial charge in [-0.1, -0.05) is 25.0 Å². The molecule has 124 valence electrons. The van der Waals surface area contributed by atoms with Gasteiger partial charge >= 0.3 is 5.97 Å². The number of esters is 1. The summed E-state index contributed by atoms with van der Waals surface area (Å²) < 4.78 is 5.12. The van der Waals surface area contributed by atoms with Gasteiger partial charge < -0.3 is 16.2 Å². The van der Waals surface area contributed by atoms with Gasteiger partial charge in [-0.05, 0) is 64.5 Å². The normalized spacial score (nSPS) is 11.1. The van der Waals surface area contributed by atoms with Crippen molar-refractivity contribution in [2.45, 2.75) is 70.6 Å². The maximum absolute atomic E-state index is 11.4. The Morgan fingerprint density at radius 1 is 0.762 bits per heavy atom. The summed E-state index contributed by atoms with van der Waals surface area (Å²) in [6.07, 6.45) is 15.9. The summed E-state index contributed by atoms with van der Waals surface area (Å²) >= 11 is 0. The third kappa shape index (κ3) is 17.1. The van der Waals surface area contributed by atoms with Crippen LogP contribution in [0.5, 0.6) is 0 Å². The van der Waals surface area contributed by atoms with Crippen molar-refractivity contribution in [1.29, 1.82) is 0 Å². The highest BCUT2D eigenvalue weighted by atomic mass is 16.5. The largest absolute Gasteiger partial charge is 0.466 e. The van der Waals surface area contributed by atoms with E-state index < -0.39 is 0 Å². The van der Waals surface area contributed by atoms with Crippen LogP contribution < -0.4 is 11.5 Å². The molecule has 0 rings (SSSR count). The summed E-state index contributed by atoms with van der Waals surface area (Å²) in [5.41, 5.74) is 10.8. The first kappa shape index (κ1) is 20.1. The lowest BCUT2D eigenvalue weighted by Gasteiger charge is -2.04. The molecular weight excluding hydrogens is 264 g/mol. The van der Waals surface area contributed by atoms with Crippen molar-refractivity contribution < 1.29 is 9.53 Å². The van der Waals surface area contributed by atoms with E-state index in [2.05, 4.69) is 12.2 Å². The standard InChI is InChI=1S/C17H34N2O2/c18-14-10-8-6-4-2-1-3-5-7-9-13-17(20)21-16-12-11-15-19/h2,4H,1,3,5-16,18-19H2/b4-2-. The third-order valence-electron chi connectivity index (χ3n) is 3.35. The molecule has 21 heavy (non-hydrogen) atoms. The zero-order valence-electron chi connectivity index (χ0n) is 13.5. The summed E-state index contributed by atoms with van der Waals surface area (Å²) in [5, 5.41) is 0. The summed E-state index contributed by atoms with van der Waals surface area (Å²) in [6, 6.07) is 0. The fraction of sp³-hybridized carbons (Fsp3) is 0.824. The van der Waals surface area contributed by atoms with E-state index in [1.807, 2.05) is 0 Å². The summed E-state index contributed by atoms with van der Waals surface area (Å²) in [5.74, 6) is -0.0631. The molecular formula is C17H34N2O2. The first-order chi connectivity index (χ1) is 10.3. The van der Waals surface area contributed by atoms with Crippen LogP contribution in [-0.2, 0) is 9.53 Å². The van der Waals surface area contributed by atoms with Gasteiger partial charge in [0.25, 0.3) is 0 Å². The number of hydrogen-bond donors (Lipinski definition) is 2. The molecule has 0 aliphatic rings. The topological polar surface area (TPSA) is 78.3 Å². The van der Waals surface area contributed by atoms with E-state index in [-0.39, 0.29) is 5.97 Å². The van der Waals surface area contributed by atoms with E-state index in [0.717, 1.165) is 51.5 Å². The Hall–Kier alpha value is -0.870. The maximum atomic E-state index is 11.4. The zero-order chi connectivity index (χ0) is 15.6. The maximum Gasteiger partial charge on any atom is 0.305 e. The van der Waals surface area contributed by atoms with Gasteiger partial charge in [0, 0.05) is 6.42 Å². The van der Waals surface area contributed by atoms with Crippen molar-refractivity contribution in [3.05, 3.63) is 12.2 Å². The average molecular weight is 298 g/mol. The van der Waals surface area contributed by atoms with E-state index in [1.165, 1.54) is 19.3 Å². The molecule has 0 saturated carbocycles. The molecule has 0 atom stereocenters. The smallest absolute Gasteiger partial charge is 0.305 e. The molecule has 0 fully saturated rings. The number of unbranched alkanes of at least 4 members (excludes halogenated alkanes) is 7. The minimum atomic E-state index is -0.0631. The summed E-state index contributed by atoms with van der Waals surface area (Å²) in [7, 11) is 0. The van der Waals surface area contributed by atoms with Gasteiger partial charge in [0.15, 0.2) is 0 Å². The molecule has 0 bridgehead atoms. The zero-order valence-corrected chi connectivity index (χ0v) is 13.5. The number of nitrogens with two attached hydrogens (primary N) is 2. The Morgan fingerprint density at radius 2 is 1.33 bits per heavy atom. The Morgan fingerprint density at radius 3 is 2.00 bits per heavy atom. The third-order valence-corrected chi connectivity index (χ3v) is 3.35. The Bertz CT molecular complexity index is 255. The molecule has 0 aliphatic heterocycles. The van der Waals surface area contributed by atoms with E-state index >= 15 is 0 Å². The van der Waals surface area contributed by atoms with E-state index in [4.69, 9.17) is 16.2 Å². The van der Waals surface area contributed by atoms with Crippen LogP contribution in [-0.4, -0.2) is 25.7 Å². The predicted octanol–water partition coefficient (Wildman–Crippen LogP) is 3.29. The Labute approximate surface area is 130 Å². The minimum Gasteiger partial charge on any atom is -0.466 e. The molecule has 0 amide bonds. The predicted molar refractivity (Wildman–Crippen MR) is 89.0 cm³/mol. The molecule has 4 nitrogen and oxygen atoms in total. The van der Waals surface area contributed by atoms with Gasteiger partial charge in [-0.2, -0.15) is 0 Å². The Balaban J connectivity index is 3.19. The van der Waals surface area contributed by atoms with Crippen molar-refractivity contribution in [2.75, 3.05) is 19.7 Å². The van der Waals surface area contributed by atoms with Crippen LogP contribution in [0.15, 0.2) is 12.2 Å². The second kappa shape index (κ2) is 17.2. The molecule has 4 heteroatoms. The highest BCUT2D eigenvalue weighted by Gasteiger charge is 2.01. The van der Waals surface area contributed by atoms with Crippen LogP contribution in [0.2, 0.25) is 0 Å². The number of carbonyl (C=O) groups is 1. The SMILES string of the molecule is NCCCC/C=C\CCCCCCC(=O)OCCCCN. The fourth-order valence-electron chi connectivity index (χ4n) is 2.03. The number of rotatable bonds is 15. The molecule has 0 aromatic heterocycles. The van der Waals surface area contributed by atoms with Gasteiger partial charge in [0.2, 0.25) is 0 Å². The van der Waals surface area contributed by atoms with E-state index in [0.29, 0.717) is 19.6 Å². The fourth-order valence-corrected chi connectivity index (χ4v) is 2.03. The quantitative estimate of drug-likeness (QED) is 0.276. The second-order valence-electron chi connectivity index (χ2n) is 5.43.